The van der Waals surface area contributed by atoms with Crippen molar-refractivity contribution in [3.05, 3.63) is 70.9 Å². The molecule has 0 saturated heterocycles. The maximum absolute atomic E-state index is 12.2. The molecule has 0 aliphatic carbocycles. The minimum Gasteiger partial charge on any atom is -0.493 e. The van der Waals surface area contributed by atoms with Gasteiger partial charge in [0, 0.05) is 19.6 Å². The Hall–Kier alpha value is -3.39. The third-order valence-electron chi connectivity index (χ3n) is 5.32. The molecular formula is C23H26N4O4. The summed E-state index contributed by atoms with van der Waals surface area (Å²) in [5.74, 6) is 2.25. The number of methoxy groups -OCH3 is 2. The molecule has 0 saturated carbocycles. The van der Waals surface area contributed by atoms with Gasteiger partial charge >= 0.3 is 0 Å². The SMILES string of the molecule is COc1cc2c(cc1OC)CN(Cc1nc(CC(=O)NCc3ccccc3)no1)CC2. The van der Waals surface area contributed by atoms with Crippen molar-refractivity contribution < 1.29 is 18.8 Å². The molecule has 1 N–H and O–H groups in total. The zero-order valence-electron chi connectivity index (χ0n) is 17.8. The van der Waals surface area contributed by atoms with Crippen LogP contribution in [0.1, 0.15) is 28.4 Å². The van der Waals surface area contributed by atoms with E-state index in [1.54, 1.807) is 14.2 Å². The van der Waals surface area contributed by atoms with Gasteiger partial charge in [-0.1, -0.05) is 35.5 Å². The molecule has 162 valence electrons. The number of amides is 1. The predicted molar refractivity (Wildman–Crippen MR) is 114 cm³/mol. The Labute approximate surface area is 181 Å². The summed E-state index contributed by atoms with van der Waals surface area (Å²) < 4.78 is 16.2. The molecule has 0 spiro atoms. The van der Waals surface area contributed by atoms with Crippen molar-refractivity contribution in [2.45, 2.75) is 32.5 Å². The van der Waals surface area contributed by atoms with Gasteiger partial charge < -0.3 is 19.3 Å². The van der Waals surface area contributed by atoms with Crippen molar-refractivity contribution in [3.63, 3.8) is 0 Å². The van der Waals surface area contributed by atoms with Crippen LogP contribution in [0.2, 0.25) is 0 Å². The van der Waals surface area contributed by atoms with E-state index in [1.807, 2.05) is 42.5 Å². The highest BCUT2D eigenvalue weighted by molar-refractivity contribution is 5.77. The summed E-state index contributed by atoms with van der Waals surface area (Å²) in [7, 11) is 3.29. The summed E-state index contributed by atoms with van der Waals surface area (Å²) >= 11 is 0. The lowest BCUT2D eigenvalue weighted by molar-refractivity contribution is -0.120. The molecule has 8 nitrogen and oxygen atoms in total. The second kappa shape index (κ2) is 9.61. The molecule has 2 aromatic carbocycles. The van der Waals surface area contributed by atoms with Gasteiger partial charge in [-0.15, -0.1) is 0 Å². The summed E-state index contributed by atoms with van der Waals surface area (Å²) in [6.45, 7) is 2.64. The number of fused-ring (bicyclic) bond motifs is 1. The largest absolute Gasteiger partial charge is 0.493 e. The van der Waals surface area contributed by atoms with Crippen molar-refractivity contribution in [2.24, 2.45) is 0 Å². The van der Waals surface area contributed by atoms with Gasteiger partial charge in [0.1, 0.15) is 0 Å². The molecule has 4 rings (SSSR count). The fourth-order valence-corrected chi connectivity index (χ4v) is 3.70. The van der Waals surface area contributed by atoms with Crippen LogP contribution in [-0.2, 0) is 37.3 Å². The molecule has 1 aliphatic rings. The lowest BCUT2D eigenvalue weighted by atomic mass is 9.99. The standard InChI is InChI=1S/C23H26N4O4/c1-29-19-10-17-8-9-27(14-18(17)11-20(19)30-2)15-23-25-21(26-31-23)12-22(28)24-13-16-6-4-3-5-7-16/h3-7,10-11H,8-9,12-15H2,1-2H3,(H,24,28). The van der Waals surface area contributed by atoms with Gasteiger partial charge in [0.25, 0.3) is 0 Å². The molecule has 3 aromatic rings. The number of ether oxygens (including phenoxy) is 2. The second-order valence-corrected chi connectivity index (χ2v) is 7.48. The first-order valence-electron chi connectivity index (χ1n) is 10.2. The average Bonchev–Trinajstić information content (AvgIpc) is 3.23. The second-order valence-electron chi connectivity index (χ2n) is 7.48. The smallest absolute Gasteiger partial charge is 0.240 e. The molecule has 1 amide bonds. The summed E-state index contributed by atoms with van der Waals surface area (Å²) in [5, 5.41) is 6.84. The maximum atomic E-state index is 12.2. The van der Waals surface area contributed by atoms with Crippen LogP contribution in [0.5, 0.6) is 11.5 Å². The summed E-state index contributed by atoms with van der Waals surface area (Å²) in [5.41, 5.74) is 3.50. The van der Waals surface area contributed by atoms with Crippen LogP contribution in [0.25, 0.3) is 0 Å². The van der Waals surface area contributed by atoms with E-state index in [1.165, 1.54) is 11.1 Å². The van der Waals surface area contributed by atoms with Gasteiger partial charge in [-0.05, 0) is 35.2 Å². The lowest BCUT2D eigenvalue weighted by Gasteiger charge is -2.28. The minimum absolute atomic E-state index is 0.0934. The molecule has 31 heavy (non-hydrogen) atoms. The zero-order chi connectivity index (χ0) is 21.6. The molecule has 1 aliphatic heterocycles. The molecule has 2 heterocycles. The Morgan fingerprint density at radius 2 is 1.87 bits per heavy atom. The highest BCUT2D eigenvalue weighted by Gasteiger charge is 2.21. The van der Waals surface area contributed by atoms with Crippen molar-refractivity contribution in [1.29, 1.82) is 0 Å². The molecule has 0 radical (unpaired) electrons. The Bertz CT molecular complexity index is 1040. The highest BCUT2D eigenvalue weighted by Crippen LogP contribution is 2.33. The van der Waals surface area contributed by atoms with Crippen LogP contribution in [0.3, 0.4) is 0 Å². The Kier molecular flexibility index (Phi) is 6.47. The van der Waals surface area contributed by atoms with Crippen molar-refractivity contribution in [1.82, 2.24) is 20.4 Å². The van der Waals surface area contributed by atoms with Gasteiger partial charge in [0.2, 0.25) is 11.8 Å². The number of carbonyl (C=O) groups excluding carboxylic acids is 1. The van der Waals surface area contributed by atoms with E-state index in [0.717, 1.165) is 36.6 Å². The third kappa shape index (κ3) is 5.21. The number of hydrogen-bond acceptors (Lipinski definition) is 7. The fraction of sp³-hybridized carbons (Fsp3) is 0.348. The quantitative estimate of drug-likeness (QED) is 0.597. The van der Waals surface area contributed by atoms with Crippen molar-refractivity contribution in [2.75, 3.05) is 20.8 Å². The monoisotopic (exact) mass is 422 g/mol. The normalized spacial score (nSPS) is 13.5. The van der Waals surface area contributed by atoms with Crippen LogP contribution in [0.15, 0.2) is 47.0 Å². The van der Waals surface area contributed by atoms with E-state index >= 15 is 0 Å². The average molecular weight is 422 g/mol. The molecular weight excluding hydrogens is 396 g/mol. The van der Waals surface area contributed by atoms with Crippen molar-refractivity contribution >= 4 is 5.91 Å². The summed E-state index contributed by atoms with van der Waals surface area (Å²) in [6, 6.07) is 13.8. The fourth-order valence-electron chi connectivity index (χ4n) is 3.70. The van der Waals surface area contributed by atoms with Gasteiger partial charge in [-0.25, -0.2) is 0 Å². The van der Waals surface area contributed by atoms with E-state index in [-0.39, 0.29) is 12.3 Å². The van der Waals surface area contributed by atoms with Gasteiger partial charge in [0.05, 0.1) is 27.2 Å². The molecule has 0 unspecified atom stereocenters. The van der Waals surface area contributed by atoms with Crippen LogP contribution in [0.4, 0.5) is 0 Å². The van der Waals surface area contributed by atoms with E-state index in [9.17, 15) is 4.79 Å². The zero-order valence-corrected chi connectivity index (χ0v) is 17.8. The predicted octanol–water partition coefficient (Wildman–Crippen LogP) is 2.50. The number of rotatable bonds is 8. The molecule has 0 atom stereocenters. The van der Waals surface area contributed by atoms with E-state index in [0.29, 0.717) is 24.8 Å². The van der Waals surface area contributed by atoms with E-state index in [2.05, 4.69) is 20.4 Å². The maximum Gasteiger partial charge on any atom is 0.240 e. The third-order valence-corrected chi connectivity index (χ3v) is 5.32. The van der Waals surface area contributed by atoms with Gasteiger partial charge in [-0.2, -0.15) is 4.98 Å². The first-order valence-corrected chi connectivity index (χ1v) is 10.2. The number of benzene rings is 2. The van der Waals surface area contributed by atoms with E-state index < -0.39 is 0 Å². The van der Waals surface area contributed by atoms with Gasteiger partial charge in [0.15, 0.2) is 17.3 Å². The number of aromatic nitrogens is 2. The molecule has 0 bridgehead atoms. The number of hydrogen-bond donors (Lipinski definition) is 1. The van der Waals surface area contributed by atoms with Crippen LogP contribution in [-0.4, -0.2) is 41.7 Å². The number of carbonyl (C=O) groups is 1. The Morgan fingerprint density at radius 3 is 2.61 bits per heavy atom. The highest BCUT2D eigenvalue weighted by atomic mass is 16.5. The first kappa shape index (κ1) is 20.9. The van der Waals surface area contributed by atoms with E-state index in [4.69, 9.17) is 14.0 Å². The van der Waals surface area contributed by atoms with Crippen LogP contribution in [0, 0.1) is 0 Å². The van der Waals surface area contributed by atoms with Crippen molar-refractivity contribution in [3.8, 4) is 11.5 Å². The first-order chi connectivity index (χ1) is 15.1. The summed E-state index contributed by atoms with van der Waals surface area (Å²) in [4.78, 5) is 18.8. The molecule has 1 aromatic heterocycles. The number of nitrogens with zero attached hydrogens (tertiary/aromatic N) is 3. The molecule has 8 heteroatoms. The number of nitrogens with one attached hydrogen (secondary N) is 1. The Morgan fingerprint density at radius 1 is 1.13 bits per heavy atom. The minimum atomic E-state index is -0.135. The summed E-state index contributed by atoms with van der Waals surface area (Å²) in [6.07, 6.45) is 0.995. The topological polar surface area (TPSA) is 89.7 Å². The van der Waals surface area contributed by atoms with Gasteiger partial charge in [-0.3, -0.25) is 9.69 Å². The van der Waals surface area contributed by atoms with Crippen LogP contribution >= 0.6 is 0 Å². The Balaban J connectivity index is 1.31. The van der Waals surface area contributed by atoms with Crippen LogP contribution < -0.4 is 14.8 Å². The lowest BCUT2D eigenvalue weighted by Crippen LogP contribution is -2.30. The molecule has 0 fully saturated rings.